The van der Waals surface area contributed by atoms with Gasteiger partial charge in [-0.3, -0.25) is 0 Å². The van der Waals surface area contributed by atoms with Crippen LogP contribution in [-0.2, 0) is 9.47 Å². The van der Waals surface area contributed by atoms with Crippen molar-refractivity contribution in [3.05, 3.63) is 23.8 Å². The molecular weight excluding hydrogens is 521 g/mol. The van der Waals surface area contributed by atoms with E-state index in [0.29, 0.717) is 18.3 Å². The predicted molar refractivity (Wildman–Crippen MR) is 167 cm³/mol. The minimum Gasteiger partial charge on any atom is -0.543 e. The van der Waals surface area contributed by atoms with Gasteiger partial charge in [-0.1, -0.05) is 62.3 Å². The van der Waals surface area contributed by atoms with E-state index < -0.39 is 22.4 Å². The molecule has 7 heteroatoms. The summed E-state index contributed by atoms with van der Waals surface area (Å²) in [7, 11) is -4.12. The van der Waals surface area contributed by atoms with Crippen molar-refractivity contribution in [3.8, 4) is 11.5 Å². The lowest BCUT2D eigenvalue weighted by Crippen LogP contribution is -2.54. The minimum absolute atomic E-state index is 0.0194. The molecule has 0 radical (unpaired) electrons. The van der Waals surface area contributed by atoms with Crippen molar-refractivity contribution in [2.45, 2.75) is 142 Å². The Hall–Kier alpha value is -0.866. The van der Waals surface area contributed by atoms with Gasteiger partial charge in [0.25, 0.3) is 0 Å². The maximum Gasteiger partial charge on any atom is 0.250 e. The molecule has 1 aromatic carbocycles. The Kier molecular flexibility index (Phi) is 9.57. The molecule has 0 aliphatic carbocycles. The number of rotatable bonds is 7. The predicted octanol–water partition coefficient (Wildman–Crippen LogP) is 9.08. The van der Waals surface area contributed by atoms with Gasteiger partial charge in [-0.25, -0.2) is 0 Å². The summed E-state index contributed by atoms with van der Waals surface area (Å²) < 4.78 is 27.5. The minimum atomic E-state index is -2.06. The Morgan fingerprint density at radius 3 is 1.82 bits per heavy atom. The van der Waals surface area contributed by atoms with E-state index in [2.05, 4.69) is 107 Å². The molecule has 6 atom stereocenters. The summed E-state index contributed by atoms with van der Waals surface area (Å²) in [5, 5.41) is 9.86. The lowest BCUT2D eigenvalue weighted by atomic mass is 9.77. The number of aliphatic hydroxyl groups is 1. The van der Waals surface area contributed by atoms with Crippen molar-refractivity contribution in [3.63, 3.8) is 0 Å². The second-order valence-electron chi connectivity index (χ2n) is 15.6. The molecule has 2 saturated heterocycles. The van der Waals surface area contributed by atoms with Crippen molar-refractivity contribution < 1.29 is 23.4 Å². The maximum atomic E-state index is 9.68. The van der Waals surface area contributed by atoms with Crippen LogP contribution in [0, 0.1) is 17.8 Å². The van der Waals surface area contributed by atoms with Gasteiger partial charge in [0.05, 0.1) is 12.2 Å². The highest BCUT2D eigenvalue weighted by Crippen LogP contribution is 2.51. The van der Waals surface area contributed by atoms with Gasteiger partial charge < -0.3 is 23.4 Å². The molecule has 0 unspecified atom stereocenters. The molecule has 1 N–H and O–H groups in total. The van der Waals surface area contributed by atoms with Crippen molar-refractivity contribution in [2.24, 2.45) is 17.8 Å². The smallest absolute Gasteiger partial charge is 0.250 e. The van der Waals surface area contributed by atoms with E-state index in [-0.39, 0.29) is 34.8 Å². The average Bonchev–Trinajstić information content (AvgIpc) is 2.77. The van der Waals surface area contributed by atoms with Crippen LogP contribution in [-0.4, -0.2) is 40.2 Å². The normalized spacial score (nSPS) is 30.9. The molecule has 0 aromatic heterocycles. The van der Waals surface area contributed by atoms with Gasteiger partial charge in [-0.15, -0.1) is 0 Å². The lowest BCUT2D eigenvalue weighted by Gasteiger charge is -2.53. The van der Waals surface area contributed by atoms with Gasteiger partial charge in [0, 0.05) is 25.0 Å². The Bertz CT molecular complexity index is 934. The Morgan fingerprint density at radius 2 is 1.36 bits per heavy atom. The summed E-state index contributed by atoms with van der Waals surface area (Å²) in [5.74, 6) is 2.17. The van der Waals surface area contributed by atoms with Crippen LogP contribution in [0.15, 0.2) is 18.2 Å². The molecule has 0 bridgehead atoms. The monoisotopic (exact) mass is 578 g/mol. The number of hydrogen-bond acceptors (Lipinski definition) is 5. The van der Waals surface area contributed by atoms with Gasteiger partial charge in [0.1, 0.15) is 11.5 Å². The zero-order valence-corrected chi connectivity index (χ0v) is 29.2. The largest absolute Gasteiger partial charge is 0.543 e. The molecule has 1 aromatic rings. The first kappa shape index (κ1) is 32.6. The third kappa shape index (κ3) is 7.14. The van der Waals surface area contributed by atoms with Crippen molar-refractivity contribution in [1.29, 1.82) is 0 Å². The summed E-state index contributed by atoms with van der Waals surface area (Å²) >= 11 is 0. The first-order valence-corrected chi connectivity index (χ1v) is 21.0. The van der Waals surface area contributed by atoms with E-state index >= 15 is 0 Å². The number of hydrogen-bond donors (Lipinski definition) is 1. The van der Waals surface area contributed by atoms with Crippen LogP contribution in [0.2, 0.25) is 36.3 Å². The van der Waals surface area contributed by atoms with Crippen LogP contribution in [0.3, 0.4) is 0 Å². The second-order valence-corrected chi connectivity index (χ2v) is 25.1. The van der Waals surface area contributed by atoms with E-state index in [9.17, 15) is 5.11 Å². The van der Waals surface area contributed by atoms with Gasteiger partial charge in [-0.05, 0) is 85.1 Å². The molecule has 2 heterocycles. The Balaban J connectivity index is 2.04. The molecule has 39 heavy (non-hydrogen) atoms. The number of benzene rings is 1. The lowest BCUT2D eigenvalue weighted by molar-refractivity contribution is -0.355. The fourth-order valence-electron chi connectivity index (χ4n) is 5.44. The maximum absolute atomic E-state index is 9.68. The van der Waals surface area contributed by atoms with Gasteiger partial charge in [0.15, 0.2) is 5.79 Å². The summed E-state index contributed by atoms with van der Waals surface area (Å²) in [4.78, 5) is 0. The molecule has 1 spiro atoms. The first-order chi connectivity index (χ1) is 17.7. The van der Waals surface area contributed by atoms with Crippen LogP contribution < -0.4 is 8.85 Å². The SMILES string of the molecule is C[C@H]1CC[C@]2(O[C@@H]1c1cc(O[Si](C)(C)C(C)(C)C)cc(O[Si](C)(C)C(C)(C)C)c1)O[C@H](CCO)[C@@H](C)C[C@@H]2C. The second kappa shape index (κ2) is 11.4. The highest BCUT2D eigenvalue weighted by Gasteiger charge is 2.51. The van der Waals surface area contributed by atoms with Gasteiger partial charge in [0.2, 0.25) is 16.6 Å². The van der Waals surface area contributed by atoms with Crippen LogP contribution in [0.25, 0.3) is 0 Å². The summed E-state index contributed by atoms with van der Waals surface area (Å²) in [5.41, 5.74) is 1.11. The number of ether oxygens (including phenoxy) is 2. The fraction of sp³-hybridized carbons (Fsp3) is 0.812. The molecule has 0 saturated carbocycles. The first-order valence-electron chi connectivity index (χ1n) is 15.2. The van der Waals surface area contributed by atoms with E-state index in [4.69, 9.17) is 18.3 Å². The summed E-state index contributed by atoms with van der Waals surface area (Å²) in [6, 6.07) is 6.49. The summed E-state index contributed by atoms with van der Waals surface area (Å²) in [6.45, 7) is 29.8. The Morgan fingerprint density at radius 1 is 0.846 bits per heavy atom. The van der Waals surface area contributed by atoms with Crippen molar-refractivity contribution in [1.82, 2.24) is 0 Å². The molecule has 0 amide bonds. The van der Waals surface area contributed by atoms with Crippen LogP contribution >= 0.6 is 0 Å². The van der Waals surface area contributed by atoms with Crippen LogP contribution in [0.1, 0.15) is 99.7 Å². The third-order valence-electron chi connectivity index (χ3n) is 10.3. The Labute approximate surface area is 241 Å². The zero-order chi connectivity index (χ0) is 29.6. The summed E-state index contributed by atoms with van der Waals surface area (Å²) in [6.07, 6.45) is 3.51. The molecule has 2 aliphatic heterocycles. The fourth-order valence-corrected chi connectivity index (χ4v) is 7.46. The van der Waals surface area contributed by atoms with Crippen molar-refractivity contribution >= 4 is 16.6 Å². The third-order valence-corrected chi connectivity index (χ3v) is 19.0. The highest BCUT2D eigenvalue weighted by atomic mass is 28.4. The molecule has 3 rings (SSSR count). The van der Waals surface area contributed by atoms with Crippen LogP contribution in [0.4, 0.5) is 0 Å². The van der Waals surface area contributed by atoms with Crippen molar-refractivity contribution in [2.75, 3.05) is 6.61 Å². The number of aliphatic hydroxyl groups excluding tert-OH is 1. The quantitative estimate of drug-likeness (QED) is 0.327. The highest BCUT2D eigenvalue weighted by molar-refractivity contribution is 6.75. The van der Waals surface area contributed by atoms with E-state index in [1.807, 2.05) is 0 Å². The molecule has 224 valence electrons. The van der Waals surface area contributed by atoms with Crippen LogP contribution in [0.5, 0.6) is 11.5 Å². The topological polar surface area (TPSA) is 57.2 Å². The molecular formula is C32H58O5Si2. The van der Waals surface area contributed by atoms with Gasteiger partial charge >= 0.3 is 0 Å². The van der Waals surface area contributed by atoms with E-state index in [1.54, 1.807) is 0 Å². The standard InChI is InChI=1S/C32H58O5Si2/c1-22-14-16-32(24(3)18-23(2)28(34-32)15-17-33)35-29(22)25-19-26(36-38(10,11)30(4,5)6)21-27(20-25)37-39(12,13)31(7,8)9/h19-24,28-29,33H,14-18H2,1-13H3/t22-,23-,24-,28+,29-,32+/m0/s1. The van der Waals surface area contributed by atoms with E-state index in [0.717, 1.165) is 36.3 Å². The molecule has 2 aliphatic rings. The molecule has 5 nitrogen and oxygen atoms in total. The average molecular weight is 579 g/mol. The zero-order valence-electron chi connectivity index (χ0n) is 27.2. The molecule has 2 fully saturated rings. The van der Waals surface area contributed by atoms with E-state index in [1.165, 1.54) is 0 Å². The van der Waals surface area contributed by atoms with Gasteiger partial charge in [-0.2, -0.15) is 0 Å².